The summed E-state index contributed by atoms with van der Waals surface area (Å²) in [5, 5.41) is 1.44. The maximum Gasteiger partial charge on any atom is 0.244 e. The van der Waals surface area contributed by atoms with Crippen LogP contribution in [-0.4, -0.2) is 43.8 Å². The number of sulfonamides is 1. The summed E-state index contributed by atoms with van der Waals surface area (Å²) in [6, 6.07) is 8.13. The van der Waals surface area contributed by atoms with Crippen molar-refractivity contribution in [3.05, 3.63) is 61.0 Å². The molecule has 0 radical (unpaired) electrons. The Bertz CT molecular complexity index is 960. The first kappa shape index (κ1) is 21.5. The van der Waals surface area contributed by atoms with Crippen LogP contribution in [0, 0.1) is 0 Å². The standard InChI is InChI=1S/C17H15Cl5N2O2S/c18-12-2-1-11(7-13(12)19)10-23-3-5-24(6-4-23)27(25,26)17-9-15(21)14(20)8-16(17)22/h1-2,7-9H,3-6,10H2. The highest BCUT2D eigenvalue weighted by molar-refractivity contribution is 7.89. The number of nitrogens with zero attached hydrogens (tertiary/aromatic N) is 2. The zero-order valence-electron chi connectivity index (χ0n) is 13.9. The van der Waals surface area contributed by atoms with Crippen molar-refractivity contribution in [2.45, 2.75) is 11.4 Å². The van der Waals surface area contributed by atoms with Crippen molar-refractivity contribution < 1.29 is 8.42 Å². The first-order valence-corrected chi connectivity index (χ1v) is 11.3. The largest absolute Gasteiger partial charge is 0.296 e. The number of benzene rings is 2. The molecule has 1 aliphatic rings. The van der Waals surface area contributed by atoms with Gasteiger partial charge in [-0.3, -0.25) is 4.90 Å². The van der Waals surface area contributed by atoms with Gasteiger partial charge in [-0.15, -0.1) is 0 Å². The lowest BCUT2D eigenvalue weighted by molar-refractivity contribution is 0.181. The van der Waals surface area contributed by atoms with Crippen LogP contribution in [0.15, 0.2) is 35.2 Å². The van der Waals surface area contributed by atoms with E-state index in [2.05, 4.69) is 4.90 Å². The number of hydrogen-bond donors (Lipinski definition) is 0. The third-order valence-corrected chi connectivity index (χ3v) is 8.14. The molecule has 1 fully saturated rings. The van der Waals surface area contributed by atoms with Crippen LogP contribution in [0.25, 0.3) is 0 Å². The molecule has 10 heteroatoms. The zero-order valence-corrected chi connectivity index (χ0v) is 18.5. The lowest BCUT2D eigenvalue weighted by atomic mass is 10.2. The summed E-state index contributed by atoms with van der Waals surface area (Å²) in [7, 11) is -3.75. The van der Waals surface area contributed by atoms with Gasteiger partial charge < -0.3 is 0 Å². The van der Waals surface area contributed by atoms with Crippen LogP contribution in [-0.2, 0) is 16.6 Å². The summed E-state index contributed by atoms with van der Waals surface area (Å²) in [6.45, 7) is 2.52. The molecule has 0 amide bonds. The van der Waals surface area contributed by atoms with Gasteiger partial charge in [0.15, 0.2) is 0 Å². The SMILES string of the molecule is O=S(=O)(c1cc(Cl)c(Cl)cc1Cl)N1CCN(Cc2ccc(Cl)c(Cl)c2)CC1. The number of rotatable bonds is 4. The normalized spacial score (nSPS) is 16.6. The second kappa shape index (κ2) is 8.64. The van der Waals surface area contributed by atoms with Crippen LogP contribution < -0.4 is 0 Å². The van der Waals surface area contributed by atoms with Gasteiger partial charge in [0.05, 0.1) is 25.1 Å². The molecular formula is C17H15Cl5N2O2S. The van der Waals surface area contributed by atoms with E-state index in [1.165, 1.54) is 16.4 Å². The van der Waals surface area contributed by atoms with Gasteiger partial charge in [-0.05, 0) is 29.8 Å². The summed E-state index contributed by atoms with van der Waals surface area (Å²) in [4.78, 5) is 2.12. The van der Waals surface area contributed by atoms with Gasteiger partial charge in [0.25, 0.3) is 0 Å². The molecule has 0 atom stereocenters. The molecule has 4 nitrogen and oxygen atoms in total. The fraction of sp³-hybridized carbons (Fsp3) is 0.294. The van der Waals surface area contributed by atoms with E-state index in [4.69, 9.17) is 58.0 Å². The fourth-order valence-corrected chi connectivity index (χ4v) is 5.58. The predicted octanol–water partition coefficient (Wildman–Crippen LogP) is 5.46. The molecule has 146 valence electrons. The highest BCUT2D eigenvalue weighted by Gasteiger charge is 2.30. The first-order chi connectivity index (χ1) is 12.7. The molecule has 27 heavy (non-hydrogen) atoms. The molecule has 2 aromatic rings. The Labute approximate surface area is 183 Å². The lowest BCUT2D eigenvalue weighted by Gasteiger charge is -2.34. The number of halogens is 5. The Morgan fingerprint density at radius 1 is 0.741 bits per heavy atom. The first-order valence-electron chi connectivity index (χ1n) is 7.99. The van der Waals surface area contributed by atoms with Crippen molar-refractivity contribution in [3.8, 4) is 0 Å². The van der Waals surface area contributed by atoms with Crippen molar-refractivity contribution in [2.75, 3.05) is 26.2 Å². The Kier molecular flexibility index (Phi) is 6.87. The predicted molar refractivity (Wildman–Crippen MR) is 112 cm³/mol. The van der Waals surface area contributed by atoms with Gasteiger partial charge in [0.2, 0.25) is 10.0 Å². The molecule has 0 aliphatic carbocycles. The number of hydrogen-bond acceptors (Lipinski definition) is 3. The van der Waals surface area contributed by atoms with E-state index in [-0.39, 0.29) is 20.0 Å². The Balaban J connectivity index is 1.69. The van der Waals surface area contributed by atoms with Gasteiger partial charge in [-0.1, -0.05) is 64.1 Å². The molecular weight excluding hydrogens is 474 g/mol. The smallest absolute Gasteiger partial charge is 0.244 e. The molecule has 0 bridgehead atoms. The van der Waals surface area contributed by atoms with Crippen LogP contribution in [0.5, 0.6) is 0 Å². The van der Waals surface area contributed by atoms with Crippen LogP contribution >= 0.6 is 58.0 Å². The van der Waals surface area contributed by atoms with Crippen molar-refractivity contribution >= 4 is 68.0 Å². The van der Waals surface area contributed by atoms with E-state index in [1.807, 2.05) is 12.1 Å². The minimum Gasteiger partial charge on any atom is -0.296 e. The van der Waals surface area contributed by atoms with Gasteiger partial charge in [0, 0.05) is 32.7 Å². The van der Waals surface area contributed by atoms with E-state index >= 15 is 0 Å². The van der Waals surface area contributed by atoms with Gasteiger partial charge >= 0.3 is 0 Å². The van der Waals surface area contributed by atoms with E-state index < -0.39 is 10.0 Å². The molecule has 0 N–H and O–H groups in total. The van der Waals surface area contributed by atoms with Crippen LogP contribution in [0.1, 0.15) is 5.56 Å². The van der Waals surface area contributed by atoms with Gasteiger partial charge in [-0.25, -0.2) is 8.42 Å². The van der Waals surface area contributed by atoms with E-state index in [9.17, 15) is 8.42 Å². The Hall–Kier alpha value is -0.240. The molecule has 1 saturated heterocycles. The molecule has 1 heterocycles. The van der Waals surface area contributed by atoms with Crippen molar-refractivity contribution in [3.63, 3.8) is 0 Å². The summed E-state index contributed by atoms with van der Waals surface area (Å²) in [6.07, 6.45) is 0. The molecule has 0 aromatic heterocycles. The van der Waals surface area contributed by atoms with Gasteiger partial charge in [0.1, 0.15) is 4.90 Å². The van der Waals surface area contributed by atoms with Crippen molar-refractivity contribution in [1.29, 1.82) is 0 Å². The third kappa shape index (κ3) is 4.85. The maximum atomic E-state index is 12.9. The fourth-order valence-electron chi connectivity index (χ4n) is 2.87. The topological polar surface area (TPSA) is 40.6 Å². The second-order valence-electron chi connectivity index (χ2n) is 6.13. The highest BCUT2D eigenvalue weighted by atomic mass is 35.5. The number of piperazine rings is 1. The summed E-state index contributed by atoms with van der Waals surface area (Å²) < 4.78 is 27.2. The minimum absolute atomic E-state index is 0.0310. The van der Waals surface area contributed by atoms with Crippen LogP contribution in [0.4, 0.5) is 0 Å². The van der Waals surface area contributed by atoms with Crippen LogP contribution in [0.2, 0.25) is 25.1 Å². The van der Waals surface area contributed by atoms with Crippen molar-refractivity contribution in [1.82, 2.24) is 9.21 Å². The average Bonchev–Trinajstić information content (AvgIpc) is 2.61. The summed E-state index contributed by atoms with van der Waals surface area (Å²) in [5.74, 6) is 0. The Morgan fingerprint density at radius 3 is 1.96 bits per heavy atom. The summed E-state index contributed by atoms with van der Waals surface area (Å²) >= 11 is 29.9. The van der Waals surface area contributed by atoms with E-state index in [0.29, 0.717) is 42.8 Å². The lowest BCUT2D eigenvalue weighted by Crippen LogP contribution is -2.48. The molecule has 1 aliphatic heterocycles. The van der Waals surface area contributed by atoms with E-state index in [1.54, 1.807) is 6.07 Å². The second-order valence-corrected chi connectivity index (χ2v) is 10.1. The maximum absolute atomic E-state index is 12.9. The van der Waals surface area contributed by atoms with Crippen molar-refractivity contribution in [2.24, 2.45) is 0 Å². The molecule has 0 saturated carbocycles. The zero-order chi connectivity index (χ0) is 19.8. The Morgan fingerprint density at radius 2 is 1.33 bits per heavy atom. The minimum atomic E-state index is -3.75. The quantitative estimate of drug-likeness (QED) is 0.537. The molecule has 0 spiro atoms. The molecule has 2 aromatic carbocycles. The highest BCUT2D eigenvalue weighted by Crippen LogP contribution is 2.33. The van der Waals surface area contributed by atoms with Gasteiger partial charge in [-0.2, -0.15) is 4.31 Å². The summed E-state index contributed by atoms with van der Waals surface area (Å²) in [5.41, 5.74) is 1.02. The third-order valence-electron chi connectivity index (χ3n) is 4.31. The molecule has 3 rings (SSSR count). The van der Waals surface area contributed by atoms with E-state index in [0.717, 1.165) is 5.56 Å². The molecule has 0 unspecified atom stereocenters. The average molecular weight is 489 g/mol. The monoisotopic (exact) mass is 486 g/mol. The van der Waals surface area contributed by atoms with Crippen LogP contribution in [0.3, 0.4) is 0 Å².